The number of hydrogen-bond donors (Lipinski definition) is 0. The maximum atomic E-state index is 6.18. The van der Waals surface area contributed by atoms with Gasteiger partial charge < -0.3 is 8.98 Å². The Bertz CT molecular complexity index is 1040. The molecule has 4 aromatic heterocycles. The van der Waals surface area contributed by atoms with E-state index in [1.165, 1.54) is 19.3 Å². The van der Waals surface area contributed by atoms with Crippen molar-refractivity contribution in [3.8, 4) is 0 Å². The lowest BCUT2D eigenvalue weighted by atomic mass is 10.0. The van der Waals surface area contributed by atoms with E-state index in [2.05, 4.69) is 31.8 Å². The van der Waals surface area contributed by atoms with Gasteiger partial charge in [0.15, 0.2) is 5.58 Å². The third-order valence-electron chi connectivity index (χ3n) is 5.51. The first kappa shape index (κ1) is 15.8. The molecule has 0 radical (unpaired) electrons. The summed E-state index contributed by atoms with van der Waals surface area (Å²) in [5.41, 5.74) is 2.77. The predicted molar refractivity (Wildman–Crippen MR) is 101 cm³/mol. The standard InChI is InChI=1S/C20H19ClN4O/c21-19-16-7-9-25(20(16)24-12-23-19)14-5-3-13(10-14)4-6-15-11-17-18(26-15)2-1-8-22-17/h1-2,7-9,11-14H,3-6,10H2. The van der Waals surface area contributed by atoms with E-state index < -0.39 is 0 Å². The van der Waals surface area contributed by atoms with E-state index in [0.29, 0.717) is 17.1 Å². The van der Waals surface area contributed by atoms with Crippen LogP contribution in [0.1, 0.15) is 37.5 Å². The van der Waals surface area contributed by atoms with Gasteiger partial charge in [-0.05, 0) is 49.8 Å². The maximum absolute atomic E-state index is 6.18. The number of aromatic nitrogens is 4. The van der Waals surface area contributed by atoms with Crippen LogP contribution < -0.4 is 0 Å². The van der Waals surface area contributed by atoms with Gasteiger partial charge in [-0.2, -0.15) is 0 Å². The van der Waals surface area contributed by atoms with E-state index in [9.17, 15) is 0 Å². The number of halogens is 1. The first-order valence-corrected chi connectivity index (χ1v) is 9.46. The van der Waals surface area contributed by atoms with Gasteiger partial charge in [-0.25, -0.2) is 9.97 Å². The summed E-state index contributed by atoms with van der Waals surface area (Å²) >= 11 is 6.18. The van der Waals surface area contributed by atoms with Crippen molar-refractivity contribution in [1.82, 2.24) is 19.5 Å². The van der Waals surface area contributed by atoms with E-state index in [1.54, 1.807) is 12.5 Å². The van der Waals surface area contributed by atoms with E-state index in [1.807, 2.05) is 18.2 Å². The second-order valence-corrected chi connectivity index (χ2v) is 7.45. The Kier molecular flexibility index (Phi) is 3.89. The van der Waals surface area contributed by atoms with Crippen LogP contribution >= 0.6 is 11.6 Å². The summed E-state index contributed by atoms with van der Waals surface area (Å²) < 4.78 is 8.17. The van der Waals surface area contributed by atoms with Crippen molar-refractivity contribution < 1.29 is 4.42 Å². The second kappa shape index (κ2) is 6.40. The van der Waals surface area contributed by atoms with Crippen molar-refractivity contribution in [2.75, 3.05) is 0 Å². The first-order valence-electron chi connectivity index (χ1n) is 9.08. The number of aryl methyl sites for hydroxylation is 1. The zero-order valence-corrected chi connectivity index (χ0v) is 15.1. The quantitative estimate of drug-likeness (QED) is 0.466. The average Bonchev–Trinajstić information content (AvgIpc) is 3.37. The lowest BCUT2D eigenvalue weighted by molar-refractivity contribution is 0.439. The molecular formula is C20H19ClN4O. The SMILES string of the molecule is Clc1ncnc2c1ccn2C1CCC(CCc2cc3ncccc3o2)C1. The molecule has 0 spiro atoms. The minimum absolute atomic E-state index is 0.487. The molecule has 6 heteroatoms. The molecule has 0 amide bonds. The van der Waals surface area contributed by atoms with Crippen molar-refractivity contribution >= 4 is 33.7 Å². The van der Waals surface area contributed by atoms with E-state index in [0.717, 1.165) is 40.7 Å². The minimum atomic E-state index is 0.487. The molecule has 1 fully saturated rings. The second-order valence-electron chi connectivity index (χ2n) is 7.10. The van der Waals surface area contributed by atoms with Gasteiger partial charge >= 0.3 is 0 Å². The molecule has 0 aliphatic heterocycles. The van der Waals surface area contributed by atoms with E-state index in [4.69, 9.17) is 16.0 Å². The molecule has 2 atom stereocenters. The molecule has 1 aliphatic carbocycles. The third-order valence-corrected chi connectivity index (χ3v) is 5.81. The van der Waals surface area contributed by atoms with Crippen LogP contribution in [0, 0.1) is 5.92 Å². The highest BCUT2D eigenvalue weighted by Crippen LogP contribution is 2.39. The third kappa shape index (κ3) is 2.76. The highest BCUT2D eigenvalue weighted by atomic mass is 35.5. The highest BCUT2D eigenvalue weighted by molar-refractivity contribution is 6.33. The summed E-state index contributed by atoms with van der Waals surface area (Å²) in [4.78, 5) is 12.8. The number of pyridine rings is 1. The molecule has 1 aliphatic rings. The Morgan fingerprint density at radius 3 is 3.08 bits per heavy atom. The van der Waals surface area contributed by atoms with Crippen molar-refractivity contribution in [2.24, 2.45) is 5.92 Å². The minimum Gasteiger partial charge on any atom is -0.459 e. The van der Waals surface area contributed by atoms with Gasteiger partial charge in [0.2, 0.25) is 0 Å². The molecule has 1 saturated carbocycles. The zero-order valence-electron chi connectivity index (χ0n) is 14.3. The van der Waals surface area contributed by atoms with Crippen LogP contribution in [0.4, 0.5) is 0 Å². The molecule has 5 rings (SSSR count). The van der Waals surface area contributed by atoms with Crippen molar-refractivity contribution in [3.05, 3.63) is 53.9 Å². The molecule has 5 nitrogen and oxygen atoms in total. The fourth-order valence-corrected chi connectivity index (χ4v) is 4.38. The van der Waals surface area contributed by atoms with E-state index >= 15 is 0 Å². The van der Waals surface area contributed by atoms with Crippen LogP contribution in [-0.2, 0) is 6.42 Å². The topological polar surface area (TPSA) is 56.7 Å². The molecular weight excluding hydrogens is 348 g/mol. The van der Waals surface area contributed by atoms with Gasteiger partial charge in [0, 0.05) is 30.9 Å². The Hall–Kier alpha value is -2.40. The summed E-state index contributed by atoms with van der Waals surface area (Å²) in [6, 6.07) is 8.46. The largest absolute Gasteiger partial charge is 0.459 e. The molecule has 0 N–H and O–H groups in total. The molecule has 0 saturated heterocycles. The molecule has 132 valence electrons. The summed E-state index contributed by atoms with van der Waals surface area (Å²) in [7, 11) is 0. The monoisotopic (exact) mass is 366 g/mol. The zero-order chi connectivity index (χ0) is 17.5. The predicted octanol–water partition coefficient (Wildman–Crippen LogP) is 5.20. The van der Waals surface area contributed by atoms with Crippen LogP contribution in [0.5, 0.6) is 0 Å². The van der Waals surface area contributed by atoms with Gasteiger partial charge in [0.05, 0.1) is 5.39 Å². The van der Waals surface area contributed by atoms with Crippen LogP contribution in [0.15, 0.2) is 47.4 Å². The lowest BCUT2D eigenvalue weighted by Crippen LogP contribution is -2.05. The number of rotatable bonds is 4. The molecule has 0 aromatic carbocycles. The fraction of sp³-hybridized carbons (Fsp3) is 0.350. The van der Waals surface area contributed by atoms with Crippen LogP contribution in [0.2, 0.25) is 5.15 Å². The van der Waals surface area contributed by atoms with Crippen molar-refractivity contribution in [1.29, 1.82) is 0 Å². The van der Waals surface area contributed by atoms with Crippen molar-refractivity contribution in [2.45, 2.75) is 38.1 Å². The average molecular weight is 367 g/mol. The molecule has 0 bridgehead atoms. The van der Waals surface area contributed by atoms with Gasteiger partial charge in [0.1, 0.15) is 28.4 Å². The first-order chi connectivity index (χ1) is 12.8. The van der Waals surface area contributed by atoms with Gasteiger partial charge in [0.25, 0.3) is 0 Å². The normalized spacial score (nSPS) is 20.3. The summed E-state index contributed by atoms with van der Waals surface area (Å²) in [5, 5.41) is 1.47. The highest BCUT2D eigenvalue weighted by Gasteiger charge is 2.27. The van der Waals surface area contributed by atoms with Crippen LogP contribution in [0.3, 0.4) is 0 Å². The van der Waals surface area contributed by atoms with E-state index in [-0.39, 0.29) is 0 Å². The summed E-state index contributed by atoms with van der Waals surface area (Å²) in [5.74, 6) is 1.74. The number of hydrogen-bond acceptors (Lipinski definition) is 4. The lowest BCUT2D eigenvalue weighted by Gasteiger charge is -2.14. The van der Waals surface area contributed by atoms with Crippen LogP contribution in [-0.4, -0.2) is 19.5 Å². The fourth-order valence-electron chi connectivity index (χ4n) is 4.19. The van der Waals surface area contributed by atoms with Gasteiger partial charge in [-0.15, -0.1) is 0 Å². The molecule has 4 heterocycles. The van der Waals surface area contributed by atoms with Gasteiger partial charge in [-0.3, -0.25) is 4.98 Å². The Morgan fingerprint density at radius 2 is 2.15 bits per heavy atom. The Morgan fingerprint density at radius 1 is 1.19 bits per heavy atom. The number of nitrogens with zero attached hydrogens (tertiary/aromatic N) is 4. The number of furan rings is 1. The molecule has 4 aromatic rings. The Balaban J connectivity index is 1.27. The summed E-state index contributed by atoms with van der Waals surface area (Å²) in [6.45, 7) is 0. The summed E-state index contributed by atoms with van der Waals surface area (Å²) in [6.07, 6.45) is 11.1. The molecule has 26 heavy (non-hydrogen) atoms. The smallest absolute Gasteiger partial charge is 0.152 e. The van der Waals surface area contributed by atoms with Crippen LogP contribution in [0.25, 0.3) is 22.1 Å². The number of fused-ring (bicyclic) bond motifs is 2. The van der Waals surface area contributed by atoms with Crippen molar-refractivity contribution in [3.63, 3.8) is 0 Å². The Labute approximate surface area is 156 Å². The molecule has 2 unspecified atom stereocenters. The maximum Gasteiger partial charge on any atom is 0.152 e. The van der Waals surface area contributed by atoms with Gasteiger partial charge in [-0.1, -0.05) is 11.6 Å².